The molecule has 0 bridgehead atoms. The molecule has 1 aliphatic rings. The maximum absolute atomic E-state index is 13.1. The van der Waals surface area contributed by atoms with Gasteiger partial charge in [-0.15, -0.1) is 10.2 Å². The first-order valence-corrected chi connectivity index (χ1v) is 10.1. The third-order valence-corrected chi connectivity index (χ3v) is 5.65. The SMILES string of the molecule is C[C@@H](Sc1nnc(-c2ccc(F)cc2)n1N)C(=O)NC(=O)NC1CCCCC1. The summed E-state index contributed by atoms with van der Waals surface area (Å²) in [5.74, 6) is 5.56. The minimum absolute atomic E-state index is 0.120. The summed E-state index contributed by atoms with van der Waals surface area (Å²) in [6.45, 7) is 1.65. The van der Waals surface area contributed by atoms with Gasteiger partial charge in [0.05, 0.1) is 5.25 Å². The Bertz CT molecular complexity index is 835. The predicted molar refractivity (Wildman–Crippen MR) is 104 cm³/mol. The van der Waals surface area contributed by atoms with Crippen LogP contribution >= 0.6 is 11.8 Å². The number of aromatic nitrogens is 3. The molecule has 0 saturated heterocycles. The lowest BCUT2D eigenvalue weighted by Gasteiger charge is -2.22. The van der Waals surface area contributed by atoms with Crippen molar-refractivity contribution >= 4 is 23.7 Å². The van der Waals surface area contributed by atoms with Gasteiger partial charge in [-0.25, -0.2) is 13.9 Å². The molecule has 0 radical (unpaired) electrons. The van der Waals surface area contributed by atoms with Gasteiger partial charge in [0.25, 0.3) is 0 Å². The molecular formula is C18H23FN6O2S. The number of hydrogen-bond acceptors (Lipinski definition) is 6. The van der Waals surface area contributed by atoms with Crippen LogP contribution in [-0.4, -0.2) is 38.1 Å². The van der Waals surface area contributed by atoms with Gasteiger partial charge in [-0.3, -0.25) is 10.1 Å². The summed E-state index contributed by atoms with van der Waals surface area (Å²) in [7, 11) is 0. The van der Waals surface area contributed by atoms with Crippen molar-refractivity contribution in [3.05, 3.63) is 30.1 Å². The van der Waals surface area contributed by atoms with E-state index in [0.29, 0.717) is 16.5 Å². The number of amides is 3. The van der Waals surface area contributed by atoms with Gasteiger partial charge in [0, 0.05) is 11.6 Å². The average molecular weight is 406 g/mol. The van der Waals surface area contributed by atoms with Crippen molar-refractivity contribution in [2.45, 2.75) is 55.5 Å². The number of carbonyl (C=O) groups excluding carboxylic acids is 2. The third kappa shape index (κ3) is 5.00. The van der Waals surface area contributed by atoms with Crippen molar-refractivity contribution < 1.29 is 14.0 Å². The Labute approximate surface area is 166 Å². The van der Waals surface area contributed by atoms with Crippen LogP contribution in [0.25, 0.3) is 11.4 Å². The van der Waals surface area contributed by atoms with E-state index in [1.165, 1.54) is 23.2 Å². The summed E-state index contributed by atoms with van der Waals surface area (Å²) in [5, 5.41) is 12.9. The molecule has 0 unspecified atom stereocenters. The molecule has 0 aliphatic heterocycles. The van der Waals surface area contributed by atoms with Crippen LogP contribution in [0.15, 0.2) is 29.4 Å². The molecule has 28 heavy (non-hydrogen) atoms. The molecule has 1 fully saturated rings. The Morgan fingerprint density at radius 2 is 1.89 bits per heavy atom. The van der Waals surface area contributed by atoms with Gasteiger partial charge in [-0.2, -0.15) is 0 Å². The number of nitrogens with one attached hydrogen (secondary N) is 2. The van der Waals surface area contributed by atoms with Crippen LogP contribution in [0.1, 0.15) is 39.0 Å². The summed E-state index contributed by atoms with van der Waals surface area (Å²) >= 11 is 1.08. The molecule has 1 aliphatic carbocycles. The molecule has 1 atom stereocenters. The lowest BCUT2D eigenvalue weighted by Crippen LogP contribution is -2.47. The second-order valence-electron chi connectivity index (χ2n) is 6.74. The minimum atomic E-state index is -0.607. The van der Waals surface area contributed by atoms with Crippen LogP contribution in [-0.2, 0) is 4.79 Å². The minimum Gasteiger partial charge on any atom is -0.335 e. The maximum atomic E-state index is 13.1. The molecule has 1 heterocycles. The van der Waals surface area contributed by atoms with Crippen LogP contribution in [0, 0.1) is 5.82 Å². The van der Waals surface area contributed by atoms with E-state index >= 15 is 0 Å². The van der Waals surface area contributed by atoms with E-state index in [1.807, 2.05) is 0 Å². The molecule has 8 nitrogen and oxygen atoms in total. The molecule has 4 N–H and O–H groups in total. The largest absolute Gasteiger partial charge is 0.335 e. The Morgan fingerprint density at radius 1 is 1.21 bits per heavy atom. The molecule has 3 rings (SSSR count). The van der Waals surface area contributed by atoms with Crippen molar-refractivity contribution in [3.8, 4) is 11.4 Å². The highest BCUT2D eigenvalue weighted by atomic mass is 32.2. The molecule has 2 aromatic rings. The van der Waals surface area contributed by atoms with Gasteiger partial charge in [-0.1, -0.05) is 31.0 Å². The molecular weight excluding hydrogens is 383 g/mol. The van der Waals surface area contributed by atoms with E-state index in [2.05, 4.69) is 20.8 Å². The van der Waals surface area contributed by atoms with Gasteiger partial charge >= 0.3 is 6.03 Å². The van der Waals surface area contributed by atoms with E-state index in [0.717, 1.165) is 37.4 Å². The molecule has 10 heteroatoms. The number of nitrogens with zero attached hydrogens (tertiary/aromatic N) is 3. The van der Waals surface area contributed by atoms with E-state index in [4.69, 9.17) is 5.84 Å². The van der Waals surface area contributed by atoms with Gasteiger partial charge < -0.3 is 11.2 Å². The van der Waals surface area contributed by atoms with Crippen LogP contribution in [0.2, 0.25) is 0 Å². The fourth-order valence-electron chi connectivity index (χ4n) is 3.05. The van der Waals surface area contributed by atoms with Crippen LogP contribution < -0.4 is 16.5 Å². The maximum Gasteiger partial charge on any atom is 0.321 e. The van der Waals surface area contributed by atoms with Crippen LogP contribution in [0.4, 0.5) is 9.18 Å². The number of carbonyl (C=O) groups is 2. The van der Waals surface area contributed by atoms with Crippen molar-refractivity contribution in [2.24, 2.45) is 0 Å². The summed E-state index contributed by atoms with van der Waals surface area (Å²) in [6, 6.07) is 5.34. The van der Waals surface area contributed by atoms with Gasteiger partial charge in [0.15, 0.2) is 5.82 Å². The normalized spacial score (nSPS) is 15.8. The Balaban J connectivity index is 1.56. The molecule has 3 amide bonds. The first kappa shape index (κ1) is 20.1. The third-order valence-electron chi connectivity index (χ3n) is 4.60. The van der Waals surface area contributed by atoms with Crippen LogP contribution in [0.3, 0.4) is 0 Å². The Hall–Kier alpha value is -2.62. The zero-order valence-electron chi connectivity index (χ0n) is 15.5. The van der Waals surface area contributed by atoms with Gasteiger partial charge in [0.1, 0.15) is 5.82 Å². The second kappa shape index (κ2) is 9.05. The van der Waals surface area contributed by atoms with E-state index in [-0.39, 0.29) is 11.9 Å². The number of nitrogen functional groups attached to an aromatic ring is 1. The zero-order valence-corrected chi connectivity index (χ0v) is 16.3. The standard InChI is InChI=1S/C18H23FN6O2S/c1-11(16(26)22-17(27)21-14-5-3-2-4-6-14)28-18-24-23-15(25(18)20)12-7-9-13(19)10-8-12/h7-11,14H,2-6,20H2,1H3,(H2,21,22,26,27)/t11-/m1/s1. The topological polar surface area (TPSA) is 115 Å². The molecule has 1 saturated carbocycles. The van der Waals surface area contributed by atoms with Crippen LogP contribution in [0.5, 0.6) is 0 Å². The Morgan fingerprint density at radius 3 is 2.57 bits per heavy atom. The number of thioether (sulfide) groups is 1. The Kier molecular flexibility index (Phi) is 6.50. The summed E-state index contributed by atoms with van der Waals surface area (Å²) < 4.78 is 14.3. The van der Waals surface area contributed by atoms with E-state index in [9.17, 15) is 14.0 Å². The highest BCUT2D eigenvalue weighted by Crippen LogP contribution is 2.25. The number of halogens is 1. The van der Waals surface area contributed by atoms with E-state index in [1.54, 1.807) is 19.1 Å². The summed E-state index contributed by atoms with van der Waals surface area (Å²) in [5.41, 5.74) is 0.604. The van der Waals surface area contributed by atoms with Gasteiger partial charge in [-0.05, 0) is 44.0 Å². The first-order valence-electron chi connectivity index (χ1n) is 9.18. The summed E-state index contributed by atoms with van der Waals surface area (Å²) in [6.07, 6.45) is 5.25. The van der Waals surface area contributed by atoms with Crippen molar-refractivity contribution in [1.82, 2.24) is 25.5 Å². The van der Waals surface area contributed by atoms with Crippen molar-refractivity contribution in [3.63, 3.8) is 0 Å². The van der Waals surface area contributed by atoms with Gasteiger partial charge in [0.2, 0.25) is 11.1 Å². The fourth-order valence-corrected chi connectivity index (χ4v) is 3.82. The molecule has 1 aromatic carbocycles. The highest BCUT2D eigenvalue weighted by molar-refractivity contribution is 8.00. The molecule has 150 valence electrons. The predicted octanol–water partition coefficient (Wildman–Crippen LogP) is 2.44. The number of imide groups is 1. The number of rotatable bonds is 5. The number of nitrogens with two attached hydrogens (primary N) is 1. The van der Waals surface area contributed by atoms with Crippen molar-refractivity contribution in [1.29, 1.82) is 0 Å². The monoisotopic (exact) mass is 406 g/mol. The fraction of sp³-hybridized carbons (Fsp3) is 0.444. The smallest absolute Gasteiger partial charge is 0.321 e. The average Bonchev–Trinajstić information content (AvgIpc) is 3.03. The second-order valence-corrected chi connectivity index (χ2v) is 8.05. The quantitative estimate of drug-likeness (QED) is 0.519. The van der Waals surface area contributed by atoms with Crippen molar-refractivity contribution in [2.75, 3.05) is 5.84 Å². The summed E-state index contributed by atoms with van der Waals surface area (Å²) in [4.78, 5) is 24.3. The highest BCUT2D eigenvalue weighted by Gasteiger charge is 2.23. The number of benzene rings is 1. The lowest BCUT2D eigenvalue weighted by atomic mass is 9.96. The first-order chi connectivity index (χ1) is 13.4. The zero-order chi connectivity index (χ0) is 20.1. The number of hydrogen-bond donors (Lipinski definition) is 3. The number of urea groups is 1. The lowest BCUT2D eigenvalue weighted by molar-refractivity contribution is -0.119. The molecule has 1 aromatic heterocycles. The van der Waals surface area contributed by atoms with E-state index < -0.39 is 17.2 Å². The molecule has 0 spiro atoms.